The normalized spacial score (nSPS) is 16.4. The zero-order valence-corrected chi connectivity index (χ0v) is 17.9. The summed E-state index contributed by atoms with van der Waals surface area (Å²) in [6, 6.07) is 10.3. The van der Waals surface area contributed by atoms with Crippen molar-refractivity contribution in [2.24, 2.45) is 0 Å². The van der Waals surface area contributed by atoms with Crippen molar-refractivity contribution < 1.29 is 9.32 Å². The number of pyridine rings is 1. The third kappa shape index (κ3) is 4.64. The molecular formula is C21H21Cl2N5O2. The molecule has 2 aromatic heterocycles. The molecule has 1 atom stereocenters. The number of carbonyl (C=O) groups is 1. The topological polar surface area (TPSA) is 84.2 Å². The molecule has 0 radical (unpaired) electrons. The van der Waals surface area contributed by atoms with Crippen molar-refractivity contribution in [2.45, 2.75) is 31.7 Å². The maximum Gasteiger partial charge on any atom is 0.241 e. The summed E-state index contributed by atoms with van der Waals surface area (Å²) in [5, 5.41) is 7.88. The number of benzene rings is 1. The second kappa shape index (κ2) is 9.12. The van der Waals surface area contributed by atoms with Gasteiger partial charge < -0.3 is 9.84 Å². The van der Waals surface area contributed by atoms with Crippen LogP contribution in [0, 0.1) is 0 Å². The fraction of sp³-hybridized carbons (Fsp3) is 0.333. The van der Waals surface area contributed by atoms with Gasteiger partial charge in [0.25, 0.3) is 0 Å². The van der Waals surface area contributed by atoms with Crippen molar-refractivity contribution in [3.63, 3.8) is 0 Å². The molecule has 1 aromatic carbocycles. The fourth-order valence-corrected chi connectivity index (χ4v) is 3.98. The molecular weight excluding hydrogens is 425 g/mol. The number of likely N-dealkylation sites (tertiary alicyclic amines) is 1. The highest BCUT2D eigenvalue weighted by Gasteiger charge is 2.30. The maximum atomic E-state index is 12.7. The van der Waals surface area contributed by atoms with E-state index in [4.69, 9.17) is 27.7 Å². The predicted molar refractivity (Wildman–Crippen MR) is 116 cm³/mol. The van der Waals surface area contributed by atoms with Gasteiger partial charge in [0.2, 0.25) is 17.6 Å². The second-order valence-electron chi connectivity index (χ2n) is 7.27. The molecule has 156 valence electrons. The van der Waals surface area contributed by atoms with Gasteiger partial charge in [-0.15, -0.1) is 0 Å². The summed E-state index contributed by atoms with van der Waals surface area (Å²) in [6.07, 6.45) is 3.37. The molecule has 1 fully saturated rings. The number of aromatic nitrogens is 3. The van der Waals surface area contributed by atoms with Crippen LogP contribution >= 0.6 is 23.2 Å². The van der Waals surface area contributed by atoms with Crippen molar-refractivity contribution in [2.75, 3.05) is 18.4 Å². The van der Waals surface area contributed by atoms with Crippen LogP contribution in [0.1, 0.15) is 31.6 Å². The van der Waals surface area contributed by atoms with Crippen molar-refractivity contribution in [3.05, 3.63) is 58.5 Å². The van der Waals surface area contributed by atoms with Crippen LogP contribution in [0.5, 0.6) is 0 Å². The molecule has 9 heteroatoms. The highest BCUT2D eigenvalue weighted by atomic mass is 35.5. The first-order valence-corrected chi connectivity index (χ1v) is 10.5. The molecule has 0 aliphatic carbocycles. The molecule has 1 aliphatic rings. The van der Waals surface area contributed by atoms with Crippen LogP contribution in [0.25, 0.3) is 11.5 Å². The number of nitrogens with zero attached hydrogens (tertiary/aromatic N) is 4. The van der Waals surface area contributed by atoms with Gasteiger partial charge in [0, 0.05) is 17.1 Å². The summed E-state index contributed by atoms with van der Waals surface area (Å²) < 4.78 is 5.48. The number of anilines is 1. The van der Waals surface area contributed by atoms with Gasteiger partial charge in [-0.3, -0.25) is 14.7 Å². The van der Waals surface area contributed by atoms with Crippen LogP contribution in [0.4, 0.5) is 5.69 Å². The molecule has 30 heavy (non-hydrogen) atoms. The van der Waals surface area contributed by atoms with Crippen LogP contribution < -0.4 is 5.32 Å². The number of halogens is 2. The molecule has 1 N–H and O–H groups in total. The van der Waals surface area contributed by atoms with Gasteiger partial charge in [-0.1, -0.05) is 34.4 Å². The van der Waals surface area contributed by atoms with E-state index >= 15 is 0 Å². The quantitative estimate of drug-likeness (QED) is 0.615. The lowest BCUT2D eigenvalue weighted by atomic mass is 9.95. The second-order valence-corrected chi connectivity index (χ2v) is 8.11. The Kier molecular flexibility index (Phi) is 6.32. The zero-order valence-electron chi connectivity index (χ0n) is 16.4. The minimum Gasteiger partial charge on any atom is -0.339 e. The van der Waals surface area contributed by atoms with Crippen molar-refractivity contribution in [1.29, 1.82) is 0 Å². The van der Waals surface area contributed by atoms with Gasteiger partial charge in [-0.2, -0.15) is 4.98 Å². The van der Waals surface area contributed by atoms with Gasteiger partial charge in [-0.05, 0) is 63.2 Å². The highest BCUT2D eigenvalue weighted by molar-refractivity contribution is 6.36. The first-order valence-electron chi connectivity index (χ1n) is 9.76. The van der Waals surface area contributed by atoms with E-state index in [-0.39, 0.29) is 17.9 Å². The van der Waals surface area contributed by atoms with Gasteiger partial charge in [-0.25, -0.2) is 0 Å². The van der Waals surface area contributed by atoms with Crippen LogP contribution in [0.3, 0.4) is 0 Å². The summed E-state index contributed by atoms with van der Waals surface area (Å²) in [5.74, 6) is 1.20. The Labute approximate surface area is 184 Å². The van der Waals surface area contributed by atoms with Gasteiger partial charge in [0.1, 0.15) is 5.69 Å². The van der Waals surface area contributed by atoms with Gasteiger partial charge >= 0.3 is 0 Å². The number of rotatable bonds is 5. The summed E-state index contributed by atoms with van der Waals surface area (Å²) in [5.41, 5.74) is 1.25. The Hall–Kier alpha value is -2.48. The lowest BCUT2D eigenvalue weighted by molar-refractivity contribution is -0.121. The lowest BCUT2D eigenvalue weighted by Crippen LogP contribution is -2.45. The molecule has 0 spiro atoms. The summed E-state index contributed by atoms with van der Waals surface area (Å²) in [7, 11) is 0. The van der Waals surface area contributed by atoms with Crippen molar-refractivity contribution in [3.8, 4) is 11.5 Å². The summed E-state index contributed by atoms with van der Waals surface area (Å²) >= 11 is 12.1. The Morgan fingerprint density at radius 3 is 2.73 bits per heavy atom. The van der Waals surface area contributed by atoms with Crippen LogP contribution in [0.15, 0.2) is 47.1 Å². The Bertz CT molecular complexity index is 1020. The van der Waals surface area contributed by atoms with E-state index in [1.807, 2.05) is 25.1 Å². The molecule has 0 bridgehead atoms. The lowest BCUT2D eigenvalue weighted by Gasteiger charge is -2.34. The number of amides is 1. The van der Waals surface area contributed by atoms with E-state index in [0.29, 0.717) is 33.1 Å². The minimum absolute atomic E-state index is 0.104. The monoisotopic (exact) mass is 445 g/mol. The number of nitrogens with one attached hydrogen (secondary N) is 1. The van der Waals surface area contributed by atoms with Gasteiger partial charge in [0.15, 0.2) is 0 Å². The molecule has 1 amide bonds. The molecule has 4 rings (SSSR count). The van der Waals surface area contributed by atoms with Crippen LogP contribution in [-0.2, 0) is 4.79 Å². The summed E-state index contributed by atoms with van der Waals surface area (Å²) in [4.78, 5) is 23.6. The number of carbonyl (C=O) groups excluding carboxylic acids is 1. The smallest absolute Gasteiger partial charge is 0.241 e. The van der Waals surface area contributed by atoms with Gasteiger partial charge in [0.05, 0.1) is 16.8 Å². The third-order valence-electron chi connectivity index (χ3n) is 5.33. The predicted octanol–water partition coefficient (Wildman–Crippen LogP) is 4.65. The molecule has 3 aromatic rings. The standard InChI is InChI=1S/C21H21Cl2N5O2/c1-13(20(29)25-17-6-5-15(22)12-16(17)23)28-10-7-14(8-11-28)21-26-19(27-30-21)18-4-2-3-9-24-18/h2-6,9,12-14H,7-8,10-11H2,1H3,(H,25,29). The van der Waals surface area contributed by atoms with Crippen LogP contribution in [-0.4, -0.2) is 45.1 Å². The molecule has 0 saturated carbocycles. The average molecular weight is 446 g/mol. The van der Waals surface area contributed by atoms with Crippen molar-refractivity contribution in [1.82, 2.24) is 20.0 Å². The van der Waals surface area contributed by atoms with E-state index in [0.717, 1.165) is 25.9 Å². The first kappa shape index (κ1) is 20.8. The SMILES string of the molecule is CC(C(=O)Nc1ccc(Cl)cc1Cl)N1CCC(c2nc(-c3ccccn3)no2)CC1. The highest BCUT2D eigenvalue weighted by Crippen LogP contribution is 2.30. The number of hydrogen-bond donors (Lipinski definition) is 1. The zero-order chi connectivity index (χ0) is 21.1. The molecule has 3 heterocycles. The Morgan fingerprint density at radius 2 is 2.03 bits per heavy atom. The summed E-state index contributed by atoms with van der Waals surface area (Å²) in [6.45, 7) is 3.41. The van der Waals surface area contributed by atoms with Crippen molar-refractivity contribution >= 4 is 34.8 Å². The van der Waals surface area contributed by atoms with E-state index in [1.54, 1.807) is 24.4 Å². The average Bonchev–Trinajstić information content (AvgIpc) is 3.26. The van der Waals surface area contributed by atoms with Crippen LogP contribution in [0.2, 0.25) is 10.0 Å². The number of hydrogen-bond acceptors (Lipinski definition) is 6. The first-order chi connectivity index (χ1) is 14.5. The van der Waals surface area contributed by atoms with E-state index in [2.05, 4.69) is 25.3 Å². The Balaban J connectivity index is 1.34. The molecule has 1 aliphatic heterocycles. The Morgan fingerprint density at radius 1 is 1.23 bits per heavy atom. The van der Waals surface area contributed by atoms with E-state index in [9.17, 15) is 4.79 Å². The maximum absolute atomic E-state index is 12.7. The molecule has 7 nitrogen and oxygen atoms in total. The van der Waals surface area contributed by atoms with E-state index < -0.39 is 0 Å². The molecule has 1 saturated heterocycles. The third-order valence-corrected chi connectivity index (χ3v) is 5.88. The van der Waals surface area contributed by atoms with E-state index in [1.165, 1.54) is 0 Å². The minimum atomic E-state index is -0.288. The largest absolute Gasteiger partial charge is 0.339 e. The molecule has 1 unspecified atom stereocenters. The number of piperidine rings is 1. The fourth-order valence-electron chi connectivity index (χ4n) is 3.53.